The highest BCUT2D eigenvalue weighted by Gasteiger charge is 2.33. The van der Waals surface area contributed by atoms with Crippen molar-refractivity contribution in [1.29, 1.82) is 0 Å². The first-order valence-electron chi connectivity index (χ1n) is 8.73. The Labute approximate surface area is 173 Å². The van der Waals surface area contributed by atoms with Gasteiger partial charge in [0, 0.05) is 0 Å². The van der Waals surface area contributed by atoms with Crippen LogP contribution in [0.1, 0.15) is 24.5 Å². The molecule has 0 saturated carbocycles. The Hall–Kier alpha value is -2.64. The van der Waals surface area contributed by atoms with Crippen molar-refractivity contribution in [3.8, 4) is 5.75 Å². The summed E-state index contributed by atoms with van der Waals surface area (Å²) < 4.78 is 5.95. The molecular formula is C21H19NO4S2. The molecule has 5 nitrogen and oxygen atoms in total. The Bertz CT molecular complexity index is 953. The Balaban J connectivity index is 1.79. The first kappa shape index (κ1) is 20.1. The molecule has 144 valence electrons. The number of carboxylic acid groups (broad SMARTS) is 1. The monoisotopic (exact) mass is 413 g/mol. The minimum absolute atomic E-state index is 0.151. The molecule has 7 heteroatoms. The van der Waals surface area contributed by atoms with E-state index in [9.17, 15) is 9.59 Å². The molecule has 3 rings (SSSR count). The number of carbonyl (C=O) groups excluding carboxylic acids is 1. The molecule has 2 aromatic carbocycles. The van der Waals surface area contributed by atoms with Crippen LogP contribution in [0.2, 0.25) is 0 Å². The summed E-state index contributed by atoms with van der Waals surface area (Å²) in [7, 11) is 0. The Kier molecular flexibility index (Phi) is 6.16. The van der Waals surface area contributed by atoms with E-state index in [1.165, 1.54) is 11.8 Å². The van der Waals surface area contributed by atoms with E-state index in [2.05, 4.69) is 0 Å². The molecule has 1 heterocycles. The van der Waals surface area contributed by atoms with Crippen molar-refractivity contribution in [2.75, 3.05) is 4.90 Å². The summed E-state index contributed by atoms with van der Waals surface area (Å²) in [5.41, 5.74) is 2.57. The van der Waals surface area contributed by atoms with E-state index in [1.807, 2.05) is 31.2 Å². The van der Waals surface area contributed by atoms with E-state index in [1.54, 1.807) is 42.2 Å². The predicted octanol–water partition coefficient (Wildman–Crippen LogP) is 4.64. The fourth-order valence-electron chi connectivity index (χ4n) is 2.76. The maximum atomic E-state index is 12.9. The molecule has 0 aliphatic carbocycles. The van der Waals surface area contributed by atoms with Crippen molar-refractivity contribution in [2.24, 2.45) is 0 Å². The smallest absolute Gasteiger partial charge is 0.344 e. The molecule has 1 aliphatic rings. The molecule has 1 aliphatic heterocycles. The van der Waals surface area contributed by atoms with E-state index < -0.39 is 12.1 Å². The lowest BCUT2D eigenvalue weighted by molar-refractivity contribution is -0.145. The van der Waals surface area contributed by atoms with Crippen LogP contribution in [0.15, 0.2) is 53.4 Å². The average molecular weight is 414 g/mol. The third-order valence-corrected chi connectivity index (χ3v) is 5.55. The number of rotatable bonds is 6. The van der Waals surface area contributed by atoms with Crippen LogP contribution in [0, 0.1) is 6.92 Å². The van der Waals surface area contributed by atoms with E-state index in [0.29, 0.717) is 21.4 Å². The van der Waals surface area contributed by atoms with Crippen LogP contribution in [0.25, 0.3) is 6.08 Å². The number of hydrogen-bond acceptors (Lipinski definition) is 5. The van der Waals surface area contributed by atoms with Crippen molar-refractivity contribution in [3.05, 3.63) is 64.6 Å². The second-order valence-electron chi connectivity index (χ2n) is 6.23. The maximum absolute atomic E-state index is 12.9. The molecular weight excluding hydrogens is 394 g/mol. The minimum atomic E-state index is -0.994. The van der Waals surface area contributed by atoms with Gasteiger partial charge in [-0.05, 0) is 48.7 Å². The summed E-state index contributed by atoms with van der Waals surface area (Å²) in [6.45, 7) is 3.70. The summed E-state index contributed by atoms with van der Waals surface area (Å²) >= 11 is 6.67. The van der Waals surface area contributed by atoms with Crippen molar-refractivity contribution < 1.29 is 19.4 Å². The quantitative estimate of drug-likeness (QED) is 0.550. The lowest BCUT2D eigenvalue weighted by Crippen LogP contribution is -2.28. The van der Waals surface area contributed by atoms with Crippen molar-refractivity contribution in [3.63, 3.8) is 0 Å². The van der Waals surface area contributed by atoms with Gasteiger partial charge >= 0.3 is 5.97 Å². The Morgan fingerprint density at radius 2 is 1.93 bits per heavy atom. The summed E-state index contributed by atoms with van der Waals surface area (Å²) in [6, 6.07) is 14.6. The Morgan fingerprint density at radius 1 is 1.25 bits per heavy atom. The molecule has 28 heavy (non-hydrogen) atoms. The molecule has 0 radical (unpaired) electrons. The largest absolute Gasteiger partial charge is 0.479 e. The van der Waals surface area contributed by atoms with Crippen LogP contribution in [-0.4, -0.2) is 27.4 Å². The fraction of sp³-hybridized carbons (Fsp3) is 0.190. The number of anilines is 1. The first-order valence-corrected chi connectivity index (χ1v) is 9.96. The number of thiocarbonyl (C=S) groups is 1. The molecule has 1 saturated heterocycles. The topological polar surface area (TPSA) is 66.8 Å². The number of thioether (sulfide) groups is 1. The van der Waals surface area contributed by atoms with Gasteiger partial charge in [-0.25, -0.2) is 4.79 Å². The van der Waals surface area contributed by atoms with Gasteiger partial charge in [0.15, 0.2) is 10.4 Å². The van der Waals surface area contributed by atoms with E-state index in [-0.39, 0.29) is 5.91 Å². The second-order valence-corrected chi connectivity index (χ2v) is 7.90. The molecule has 1 N–H and O–H groups in total. The number of para-hydroxylation sites is 1. The molecule has 0 bridgehead atoms. The third kappa shape index (κ3) is 4.26. The molecule has 1 fully saturated rings. The van der Waals surface area contributed by atoms with Crippen molar-refractivity contribution >= 4 is 51.9 Å². The first-order chi connectivity index (χ1) is 13.4. The lowest BCUT2D eigenvalue weighted by atomic mass is 10.1. The van der Waals surface area contributed by atoms with E-state index in [0.717, 1.165) is 16.8 Å². The molecule has 0 aromatic heterocycles. The van der Waals surface area contributed by atoms with Gasteiger partial charge in [-0.2, -0.15) is 0 Å². The van der Waals surface area contributed by atoms with E-state index >= 15 is 0 Å². The van der Waals surface area contributed by atoms with Gasteiger partial charge in [-0.3, -0.25) is 9.69 Å². The summed E-state index contributed by atoms with van der Waals surface area (Å²) in [5.74, 6) is -0.674. The van der Waals surface area contributed by atoms with Gasteiger partial charge in [0.25, 0.3) is 5.91 Å². The fourth-order valence-corrected chi connectivity index (χ4v) is 4.04. The Morgan fingerprint density at radius 3 is 2.54 bits per heavy atom. The highest BCUT2D eigenvalue weighted by Crippen LogP contribution is 2.37. The van der Waals surface area contributed by atoms with Crippen LogP contribution in [-0.2, 0) is 9.59 Å². The minimum Gasteiger partial charge on any atom is -0.479 e. The van der Waals surface area contributed by atoms with E-state index in [4.69, 9.17) is 22.1 Å². The van der Waals surface area contributed by atoms with Crippen LogP contribution in [0.5, 0.6) is 5.75 Å². The third-order valence-electron chi connectivity index (χ3n) is 4.25. The normalized spacial score (nSPS) is 16.5. The van der Waals surface area contributed by atoms with Gasteiger partial charge in [-0.1, -0.05) is 61.2 Å². The molecule has 1 atom stereocenters. The van der Waals surface area contributed by atoms with Crippen molar-refractivity contribution in [2.45, 2.75) is 26.4 Å². The number of aliphatic carboxylic acids is 1. The highest BCUT2D eigenvalue weighted by atomic mass is 32.2. The lowest BCUT2D eigenvalue weighted by Gasteiger charge is -2.16. The summed E-state index contributed by atoms with van der Waals surface area (Å²) in [5, 5.41) is 9.08. The number of aryl methyl sites for hydroxylation is 1. The maximum Gasteiger partial charge on any atom is 0.344 e. The van der Waals surface area contributed by atoms with Crippen LogP contribution in [0.4, 0.5) is 5.69 Å². The van der Waals surface area contributed by atoms with Gasteiger partial charge < -0.3 is 9.84 Å². The number of carboxylic acids is 1. The van der Waals surface area contributed by atoms with Gasteiger partial charge in [-0.15, -0.1) is 0 Å². The predicted molar refractivity (Wildman–Crippen MR) is 116 cm³/mol. The highest BCUT2D eigenvalue weighted by molar-refractivity contribution is 8.27. The standard InChI is InChI=1S/C21H19NO4S2/c1-3-17(20(24)25)26-15-10-8-14(9-11-15)12-18-19(23)22(21(27)28-18)16-7-5-4-6-13(16)2/h4-12,17H,3H2,1-2H3,(H,24,25)/b18-12+. The zero-order chi connectivity index (χ0) is 20.3. The number of amides is 1. The molecule has 0 spiro atoms. The number of nitrogens with zero attached hydrogens (tertiary/aromatic N) is 1. The zero-order valence-corrected chi connectivity index (χ0v) is 17.0. The van der Waals surface area contributed by atoms with Crippen molar-refractivity contribution in [1.82, 2.24) is 0 Å². The zero-order valence-electron chi connectivity index (χ0n) is 15.4. The van der Waals surface area contributed by atoms with Gasteiger partial charge in [0.2, 0.25) is 0 Å². The average Bonchev–Trinajstić information content (AvgIpc) is 2.94. The molecule has 1 unspecified atom stereocenters. The van der Waals surface area contributed by atoms with Crippen LogP contribution >= 0.6 is 24.0 Å². The van der Waals surface area contributed by atoms with Gasteiger partial charge in [0.05, 0.1) is 10.6 Å². The summed E-state index contributed by atoms with van der Waals surface area (Å²) in [6.07, 6.45) is 1.27. The number of carbonyl (C=O) groups is 2. The second kappa shape index (κ2) is 8.58. The molecule has 2 aromatic rings. The molecule has 1 amide bonds. The SMILES string of the molecule is CCC(Oc1ccc(/C=C2/SC(=S)N(c3ccccc3C)C2=O)cc1)C(=O)O. The van der Waals surface area contributed by atoms with Gasteiger partial charge in [0.1, 0.15) is 5.75 Å². The summed E-state index contributed by atoms with van der Waals surface area (Å²) in [4.78, 5) is 26.0. The number of ether oxygens (including phenoxy) is 1. The van der Waals surface area contributed by atoms with Crippen LogP contribution in [0.3, 0.4) is 0 Å². The number of benzene rings is 2. The number of hydrogen-bond donors (Lipinski definition) is 1. The van der Waals surface area contributed by atoms with Crippen LogP contribution < -0.4 is 9.64 Å².